The molecule has 0 fully saturated rings. The zero-order valence-corrected chi connectivity index (χ0v) is 13.0. The number of benzene rings is 2. The Morgan fingerprint density at radius 3 is 2.35 bits per heavy atom. The van der Waals surface area contributed by atoms with Gasteiger partial charge in [-0.3, -0.25) is 9.59 Å². The van der Waals surface area contributed by atoms with Crippen LogP contribution < -0.4 is 10.6 Å². The van der Waals surface area contributed by atoms with Crippen LogP contribution in [0, 0.1) is 6.92 Å². The van der Waals surface area contributed by atoms with Gasteiger partial charge in [0.1, 0.15) is 0 Å². The monoisotopic (exact) mass is 312 g/mol. The quantitative estimate of drug-likeness (QED) is 0.758. The normalized spacial score (nSPS) is 11.6. The van der Waals surface area contributed by atoms with Crippen molar-refractivity contribution in [2.24, 2.45) is 0 Å². The second-order valence-electron chi connectivity index (χ2n) is 5.23. The number of carbonyl (C=O) groups is 2. The lowest BCUT2D eigenvalue weighted by Crippen LogP contribution is -2.38. The molecule has 0 aliphatic carbocycles. The maximum Gasteiger partial charge on any atom is 0.251 e. The molecule has 3 N–H and O–H groups in total. The van der Waals surface area contributed by atoms with Crippen LogP contribution in [-0.2, 0) is 4.79 Å². The van der Waals surface area contributed by atoms with Gasteiger partial charge in [-0.05, 0) is 30.2 Å². The summed E-state index contributed by atoms with van der Waals surface area (Å²) in [7, 11) is 0. The molecular weight excluding hydrogens is 292 g/mol. The SMILES string of the molecule is Cc1ccccc1C(O)CNC(=O)CNC(=O)c1ccccc1. The van der Waals surface area contributed by atoms with Gasteiger partial charge in [0, 0.05) is 12.1 Å². The van der Waals surface area contributed by atoms with Crippen molar-refractivity contribution in [3.63, 3.8) is 0 Å². The minimum atomic E-state index is -0.773. The highest BCUT2D eigenvalue weighted by Gasteiger charge is 2.12. The third-order valence-corrected chi connectivity index (χ3v) is 3.49. The van der Waals surface area contributed by atoms with Crippen LogP contribution >= 0.6 is 0 Å². The third kappa shape index (κ3) is 4.93. The molecule has 0 radical (unpaired) electrons. The second-order valence-corrected chi connectivity index (χ2v) is 5.23. The Morgan fingerprint density at radius 1 is 1.00 bits per heavy atom. The number of hydrogen-bond donors (Lipinski definition) is 3. The molecule has 0 saturated heterocycles. The summed E-state index contributed by atoms with van der Waals surface area (Å²) in [6.45, 7) is 1.87. The lowest BCUT2D eigenvalue weighted by molar-refractivity contribution is -0.120. The Morgan fingerprint density at radius 2 is 1.65 bits per heavy atom. The summed E-state index contributed by atoms with van der Waals surface area (Å²) >= 11 is 0. The van der Waals surface area contributed by atoms with Crippen molar-refractivity contribution in [2.45, 2.75) is 13.0 Å². The van der Waals surface area contributed by atoms with E-state index in [0.29, 0.717) is 5.56 Å². The molecule has 2 amide bonds. The Labute approximate surface area is 135 Å². The summed E-state index contributed by atoms with van der Waals surface area (Å²) in [6, 6.07) is 16.1. The number of aliphatic hydroxyl groups excluding tert-OH is 1. The van der Waals surface area contributed by atoms with Crippen molar-refractivity contribution in [3.05, 3.63) is 71.3 Å². The molecule has 2 aromatic carbocycles. The Balaban J connectivity index is 1.77. The van der Waals surface area contributed by atoms with Crippen molar-refractivity contribution >= 4 is 11.8 Å². The van der Waals surface area contributed by atoms with Gasteiger partial charge in [0.2, 0.25) is 5.91 Å². The van der Waals surface area contributed by atoms with E-state index in [-0.39, 0.29) is 24.9 Å². The van der Waals surface area contributed by atoms with E-state index in [9.17, 15) is 14.7 Å². The van der Waals surface area contributed by atoms with Gasteiger partial charge in [-0.25, -0.2) is 0 Å². The van der Waals surface area contributed by atoms with Crippen LogP contribution in [0.15, 0.2) is 54.6 Å². The standard InChI is InChI=1S/C18H20N2O3/c1-13-7-5-6-10-15(13)16(21)11-19-17(22)12-20-18(23)14-8-3-2-4-9-14/h2-10,16,21H,11-12H2,1H3,(H,19,22)(H,20,23). The van der Waals surface area contributed by atoms with E-state index in [1.54, 1.807) is 24.3 Å². The maximum atomic E-state index is 11.8. The Kier molecular flexibility index (Phi) is 5.88. The van der Waals surface area contributed by atoms with Gasteiger partial charge in [-0.15, -0.1) is 0 Å². The molecule has 0 saturated carbocycles. The molecule has 5 heteroatoms. The largest absolute Gasteiger partial charge is 0.387 e. The van der Waals surface area contributed by atoms with Crippen LogP contribution in [0.2, 0.25) is 0 Å². The van der Waals surface area contributed by atoms with Gasteiger partial charge in [0.15, 0.2) is 0 Å². The van der Waals surface area contributed by atoms with Gasteiger partial charge in [-0.1, -0.05) is 42.5 Å². The fourth-order valence-electron chi connectivity index (χ4n) is 2.20. The summed E-state index contributed by atoms with van der Waals surface area (Å²) in [5, 5.41) is 15.3. The second kappa shape index (κ2) is 8.10. The van der Waals surface area contributed by atoms with Crippen LogP contribution in [-0.4, -0.2) is 30.0 Å². The Bertz CT molecular complexity index is 671. The van der Waals surface area contributed by atoms with E-state index in [1.165, 1.54) is 0 Å². The first-order valence-electron chi connectivity index (χ1n) is 7.41. The van der Waals surface area contributed by atoms with Crippen molar-refractivity contribution in [2.75, 3.05) is 13.1 Å². The molecule has 0 aromatic heterocycles. The van der Waals surface area contributed by atoms with Crippen LogP contribution in [0.1, 0.15) is 27.6 Å². The lowest BCUT2D eigenvalue weighted by atomic mass is 10.0. The number of aliphatic hydroxyl groups is 1. The molecular formula is C18H20N2O3. The van der Waals surface area contributed by atoms with Crippen LogP contribution in [0.5, 0.6) is 0 Å². The summed E-state index contributed by atoms with van der Waals surface area (Å²) < 4.78 is 0. The zero-order valence-electron chi connectivity index (χ0n) is 13.0. The number of nitrogens with one attached hydrogen (secondary N) is 2. The summed E-state index contributed by atoms with van der Waals surface area (Å²) in [4.78, 5) is 23.6. The first-order valence-corrected chi connectivity index (χ1v) is 7.41. The first-order chi connectivity index (χ1) is 11.1. The molecule has 1 unspecified atom stereocenters. The number of rotatable bonds is 6. The maximum absolute atomic E-state index is 11.8. The molecule has 0 spiro atoms. The van der Waals surface area contributed by atoms with Gasteiger partial charge in [0.05, 0.1) is 12.6 Å². The molecule has 0 aliphatic heterocycles. The van der Waals surface area contributed by atoms with Crippen LogP contribution in [0.25, 0.3) is 0 Å². The van der Waals surface area contributed by atoms with E-state index in [1.807, 2.05) is 37.3 Å². The molecule has 120 valence electrons. The molecule has 23 heavy (non-hydrogen) atoms. The summed E-state index contributed by atoms with van der Waals surface area (Å²) in [5.74, 6) is -0.651. The lowest BCUT2D eigenvalue weighted by Gasteiger charge is -2.14. The van der Waals surface area contributed by atoms with E-state index in [0.717, 1.165) is 11.1 Å². The van der Waals surface area contributed by atoms with Gasteiger partial charge >= 0.3 is 0 Å². The molecule has 5 nitrogen and oxygen atoms in total. The smallest absolute Gasteiger partial charge is 0.251 e. The predicted octanol–water partition coefficient (Wildman–Crippen LogP) is 1.57. The first kappa shape index (κ1) is 16.7. The summed E-state index contributed by atoms with van der Waals surface area (Å²) in [5.41, 5.74) is 2.24. The van der Waals surface area contributed by atoms with E-state index >= 15 is 0 Å². The molecule has 0 bridgehead atoms. The van der Waals surface area contributed by atoms with Crippen molar-refractivity contribution < 1.29 is 14.7 Å². The number of carbonyl (C=O) groups excluding carboxylic acids is 2. The zero-order chi connectivity index (χ0) is 16.7. The van der Waals surface area contributed by atoms with Gasteiger partial charge < -0.3 is 15.7 Å². The highest BCUT2D eigenvalue weighted by Crippen LogP contribution is 2.15. The highest BCUT2D eigenvalue weighted by atomic mass is 16.3. The fourth-order valence-corrected chi connectivity index (χ4v) is 2.20. The van der Waals surface area contributed by atoms with E-state index in [2.05, 4.69) is 10.6 Å². The molecule has 2 rings (SSSR count). The average molecular weight is 312 g/mol. The van der Waals surface area contributed by atoms with Crippen LogP contribution in [0.3, 0.4) is 0 Å². The Hall–Kier alpha value is -2.66. The van der Waals surface area contributed by atoms with Crippen molar-refractivity contribution in [1.82, 2.24) is 10.6 Å². The summed E-state index contributed by atoms with van der Waals surface area (Å²) in [6.07, 6.45) is -0.773. The topological polar surface area (TPSA) is 78.4 Å². The number of amides is 2. The molecule has 1 atom stereocenters. The fraction of sp³-hybridized carbons (Fsp3) is 0.222. The highest BCUT2D eigenvalue weighted by molar-refractivity contribution is 5.96. The molecule has 0 heterocycles. The van der Waals surface area contributed by atoms with Gasteiger partial charge in [-0.2, -0.15) is 0 Å². The predicted molar refractivity (Wildman–Crippen MR) is 87.9 cm³/mol. The number of aryl methyl sites for hydroxylation is 1. The van der Waals surface area contributed by atoms with Crippen molar-refractivity contribution in [1.29, 1.82) is 0 Å². The van der Waals surface area contributed by atoms with Crippen LogP contribution in [0.4, 0.5) is 0 Å². The molecule has 0 aliphatic rings. The molecule has 2 aromatic rings. The minimum absolute atomic E-state index is 0.102. The minimum Gasteiger partial charge on any atom is -0.387 e. The van der Waals surface area contributed by atoms with E-state index in [4.69, 9.17) is 0 Å². The van der Waals surface area contributed by atoms with Gasteiger partial charge in [0.25, 0.3) is 5.91 Å². The van der Waals surface area contributed by atoms with Crippen molar-refractivity contribution in [3.8, 4) is 0 Å². The average Bonchev–Trinajstić information content (AvgIpc) is 2.58. The number of hydrogen-bond acceptors (Lipinski definition) is 3. The third-order valence-electron chi connectivity index (χ3n) is 3.49. The van der Waals surface area contributed by atoms with E-state index < -0.39 is 6.10 Å².